The molecule has 0 spiro atoms. The van der Waals surface area contributed by atoms with Gasteiger partial charge in [0.05, 0.1) is 25.2 Å². The lowest BCUT2D eigenvalue weighted by atomic mass is 10.0. The second-order valence-electron chi connectivity index (χ2n) is 7.58. The summed E-state index contributed by atoms with van der Waals surface area (Å²) in [7, 11) is 1.59. The maximum Gasteiger partial charge on any atom is 0.319 e. The molecular weight excluding hydrogens is 397 g/mol. The lowest BCUT2D eigenvalue weighted by Gasteiger charge is -2.26. The molecule has 0 radical (unpaired) electrons. The van der Waals surface area contributed by atoms with Crippen LogP contribution in [0.2, 0.25) is 0 Å². The van der Waals surface area contributed by atoms with Crippen molar-refractivity contribution in [3.63, 3.8) is 0 Å². The Morgan fingerprint density at radius 3 is 2.80 bits per heavy atom. The molecule has 9 nitrogen and oxygen atoms in total. The second-order valence-corrected chi connectivity index (χ2v) is 7.58. The largest absolute Gasteiger partial charge is 0.388 e. The Morgan fingerprint density at radius 2 is 2.07 bits per heavy atom. The number of aliphatic hydroxyl groups is 2. The fraction of sp³-hybridized carbons (Fsp3) is 0.600. The van der Waals surface area contributed by atoms with E-state index >= 15 is 0 Å². The molecule has 1 aromatic carbocycles. The molecular formula is C20H28FN3O6. The summed E-state index contributed by atoms with van der Waals surface area (Å²) in [6, 6.07) is 4.82. The van der Waals surface area contributed by atoms with Crippen molar-refractivity contribution in [2.75, 3.05) is 32.1 Å². The van der Waals surface area contributed by atoms with E-state index in [9.17, 15) is 24.2 Å². The Labute approximate surface area is 174 Å². The van der Waals surface area contributed by atoms with Crippen LogP contribution in [0.15, 0.2) is 24.3 Å². The summed E-state index contributed by atoms with van der Waals surface area (Å²) in [4.78, 5) is 26.3. The van der Waals surface area contributed by atoms with Gasteiger partial charge in [-0.3, -0.25) is 4.79 Å². The first-order valence-electron chi connectivity index (χ1n) is 9.99. The lowest BCUT2D eigenvalue weighted by molar-refractivity contribution is -0.137. The third-order valence-corrected chi connectivity index (χ3v) is 5.44. The first kappa shape index (κ1) is 22.4. The topological polar surface area (TPSA) is 120 Å². The standard InChI is InChI=1S/C20H28FN3O6/c1-29-11-14-6-3-7-24(14)17(25)9-15-18(26)19(27)16(30-15)10-22-20(28)23-13-5-2-4-12(21)8-13/h2,4-5,8,14-16,18-19,26-27H,3,6-7,9-11H2,1H3,(H2,22,23,28). The number of methoxy groups -OCH3 is 1. The quantitative estimate of drug-likeness (QED) is 0.504. The van der Waals surface area contributed by atoms with E-state index in [0.29, 0.717) is 13.2 Å². The number of hydrogen-bond acceptors (Lipinski definition) is 6. The highest BCUT2D eigenvalue weighted by Gasteiger charge is 2.44. The molecule has 2 heterocycles. The van der Waals surface area contributed by atoms with Gasteiger partial charge in [0, 0.05) is 25.9 Å². The van der Waals surface area contributed by atoms with Crippen molar-refractivity contribution in [3.8, 4) is 0 Å². The van der Waals surface area contributed by atoms with Gasteiger partial charge in [0.2, 0.25) is 5.91 Å². The molecule has 5 unspecified atom stereocenters. The zero-order valence-electron chi connectivity index (χ0n) is 16.8. The number of aliphatic hydroxyl groups excluding tert-OH is 2. The summed E-state index contributed by atoms with van der Waals surface area (Å²) in [5.74, 6) is -0.646. The fourth-order valence-corrected chi connectivity index (χ4v) is 3.92. The molecule has 30 heavy (non-hydrogen) atoms. The van der Waals surface area contributed by atoms with Gasteiger partial charge in [0.15, 0.2) is 0 Å². The van der Waals surface area contributed by atoms with Gasteiger partial charge in [-0.15, -0.1) is 0 Å². The molecule has 2 saturated heterocycles. The summed E-state index contributed by atoms with van der Waals surface area (Å²) in [6.45, 7) is 0.999. The van der Waals surface area contributed by atoms with Gasteiger partial charge < -0.3 is 35.2 Å². The molecule has 5 atom stereocenters. The monoisotopic (exact) mass is 425 g/mol. The molecule has 2 fully saturated rings. The minimum absolute atomic E-state index is 0.00921. The third-order valence-electron chi connectivity index (χ3n) is 5.44. The van der Waals surface area contributed by atoms with Crippen LogP contribution in [0.25, 0.3) is 0 Å². The number of nitrogens with zero attached hydrogens (tertiary/aromatic N) is 1. The van der Waals surface area contributed by atoms with Crippen molar-refractivity contribution >= 4 is 17.6 Å². The van der Waals surface area contributed by atoms with E-state index in [4.69, 9.17) is 9.47 Å². The molecule has 1 aromatic rings. The van der Waals surface area contributed by atoms with Gasteiger partial charge in [-0.2, -0.15) is 0 Å². The van der Waals surface area contributed by atoms with Crippen molar-refractivity contribution in [2.45, 2.75) is 49.7 Å². The smallest absolute Gasteiger partial charge is 0.319 e. The van der Waals surface area contributed by atoms with E-state index in [2.05, 4.69) is 10.6 Å². The molecule has 2 aliphatic rings. The summed E-state index contributed by atoms with van der Waals surface area (Å²) in [5.41, 5.74) is 0.278. The van der Waals surface area contributed by atoms with E-state index in [1.165, 1.54) is 24.3 Å². The molecule has 0 aromatic heterocycles. The average Bonchev–Trinajstić information content (AvgIpc) is 3.27. The minimum atomic E-state index is -1.24. The van der Waals surface area contributed by atoms with Crippen molar-refractivity contribution in [3.05, 3.63) is 30.1 Å². The Bertz CT molecular complexity index is 751. The van der Waals surface area contributed by atoms with Crippen LogP contribution in [0.1, 0.15) is 19.3 Å². The van der Waals surface area contributed by atoms with Crippen molar-refractivity contribution in [1.82, 2.24) is 10.2 Å². The predicted molar refractivity (Wildman–Crippen MR) is 105 cm³/mol. The van der Waals surface area contributed by atoms with Gasteiger partial charge in [-0.1, -0.05) is 6.07 Å². The van der Waals surface area contributed by atoms with Crippen LogP contribution in [0.4, 0.5) is 14.9 Å². The highest BCUT2D eigenvalue weighted by atomic mass is 19.1. The molecule has 4 N–H and O–H groups in total. The maximum atomic E-state index is 13.2. The minimum Gasteiger partial charge on any atom is -0.388 e. The maximum absolute atomic E-state index is 13.2. The van der Waals surface area contributed by atoms with Crippen LogP contribution >= 0.6 is 0 Å². The SMILES string of the molecule is COCC1CCCN1C(=O)CC1OC(CNC(=O)Nc2cccc(F)c2)C(O)C1O. The van der Waals surface area contributed by atoms with Gasteiger partial charge in [-0.25, -0.2) is 9.18 Å². The number of likely N-dealkylation sites (tertiary alicyclic amines) is 1. The third kappa shape index (κ3) is 5.45. The van der Waals surface area contributed by atoms with Gasteiger partial charge >= 0.3 is 6.03 Å². The average molecular weight is 425 g/mol. The lowest BCUT2D eigenvalue weighted by Crippen LogP contribution is -2.42. The number of nitrogens with one attached hydrogen (secondary N) is 2. The number of carbonyl (C=O) groups excluding carboxylic acids is 2. The Kier molecular flexibility index (Phi) is 7.59. The van der Waals surface area contributed by atoms with Crippen LogP contribution in [0, 0.1) is 5.82 Å². The number of anilines is 1. The van der Waals surface area contributed by atoms with Crippen LogP contribution in [-0.2, 0) is 14.3 Å². The molecule has 166 valence electrons. The number of carbonyl (C=O) groups is 2. The zero-order valence-corrected chi connectivity index (χ0v) is 16.8. The zero-order chi connectivity index (χ0) is 21.7. The summed E-state index contributed by atoms with van der Waals surface area (Å²) in [6.07, 6.45) is -2.53. The summed E-state index contributed by atoms with van der Waals surface area (Å²) >= 11 is 0. The number of hydrogen-bond donors (Lipinski definition) is 4. The molecule has 0 saturated carbocycles. The van der Waals surface area contributed by atoms with Gasteiger partial charge in [0.1, 0.15) is 24.1 Å². The highest BCUT2D eigenvalue weighted by molar-refractivity contribution is 5.89. The first-order valence-corrected chi connectivity index (χ1v) is 9.99. The van der Waals surface area contributed by atoms with Crippen molar-refractivity contribution in [1.29, 1.82) is 0 Å². The number of halogens is 1. The van der Waals surface area contributed by atoms with Gasteiger partial charge in [0.25, 0.3) is 0 Å². The fourth-order valence-electron chi connectivity index (χ4n) is 3.92. The Morgan fingerprint density at radius 1 is 1.30 bits per heavy atom. The van der Waals surface area contributed by atoms with E-state index in [-0.39, 0.29) is 30.6 Å². The van der Waals surface area contributed by atoms with Crippen LogP contribution < -0.4 is 10.6 Å². The summed E-state index contributed by atoms with van der Waals surface area (Å²) < 4.78 is 24.0. The number of ether oxygens (including phenoxy) is 2. The number of amides is 3. The normalized spacial score (nSPS) is 28.5. The van der Waals surface area contributed by atoms with Crippen molar-refractivity contribution < 1.29 is 33.7 Å². The summed E-state index contributed by atoms with van der Waals surface area (Å²) in [5, 5.41) is 25.5. The van der Waals surface area contributed by atoms with E-state index in [1.54, 1.807) is 12.0 Å². The number of rotatable bonds is 7. The van der Waals surface area contributed by atoms with Gasteiger partial charge in [-0.05, 0) is 31.0 Å². The second kappa shape index (κ2) is 10.2. The Hall–Kier alpha value is -2.27. The van der Waals surface area contributed by atoms with Crippen molar-refractivity contribution in [2.24, 2.45) is 0 Å². The van der Waals surface area contributed by atoms with Crippen LogP contribution in [0.5, 0.6) is 0 Å². The molecule has 0 aliphatic carbocycles. The number of urea groups is 1. The molecule has 10 heteroatoms. The van der Waals surface area contributed by atoms with Crippen LogP contribution in [-0.4, -0.2) is 84.3 Å². The number of benzene rings is 1. The molecule has 2 aliphatic heterocycles. The van der Waals surface area contributed by atoms with E-state index in [0.717, 1.165) is 12.8 Å². The van der Waals surface area contributed by atoms with E-state index in [1.807, 2.05) is 0 Å². The van der Waals surface area contributed by atoms with E-state index < -0.39 is 36.3 Å². The van der Waals surface area contributed by atoms with Crippen LogP contribution in [0.3, 0.4) is 0 Å². The Balaban J connectivity index is 1.48. The predicted octanol–water partition coefficient (Wildman–Crippen LogP) is 0.464. The highest BCUT2D eigenvalue weighted by Crippen LogP contribution is 2.26. The first-order chi connectivity index (χ1) is 14.4. The molecule has 0 bridgehead atoms. The molecule has 3 rings (SSSR count). The molecule has 3 amide bonds.